The van der Waals surface area contributed by atoms with E-state index < -0.39 is 0 Å². The van der Waals surface area contributed by atoms with Crippen molar-refractivity contribution in [1.82, 2.24) is 10.3 Å². The van der Waals surface area contributed by atoms with Crippen molar-refractivity contribution in [1.29, 1.82) is 5.26 Å². The van der Waals surface area contributed by atoms with Crippen LogP contribution >= 0.6 is 11.3 Å². The first-order valence-electron chi connectivity index (χ1n) is 8.94. The Balaban J connectivity index is 2.30. The molecule has 0 unspecified atom stereocenters. The lowest BCUT2D eigenvalue weighted by atomic mass is 10.1. The first-order chi connectivity index (χ1) is 12.9. The summed E-state index contributed by atoms with van der Waals surface area (Å²) in [6, 6.07) is 9.26. The van der Waals surface area contributed by atoms with Gasteiger partial charge >= 0.3 is 6.03 Å². The number of methoxy groups -OCH3 is 1. The van der Waals surface area contributed by atoms with Gasteiger partial charge in [-0.1, -0.05) is 26.0 Å². The smallest absolute Gasteiger partial charge is 0.322 e. The summed E-state index contributed by atoms with van der Waals surface area (Å²) < 4.78 is 5.02. The topological polar surface area (TPSA) is 78.2 Å². The Bertz CT molecular complexity index is 811. The van der Waals surface area contributed by atoms with E-state index in [-0.39, 0.29) is 6.03 Å². The van der Waals surface area contributed by atoms with E-state index in [0.717, 1.165) is 27.7 Å². The molecule has 0 aliphatic carbocycles. The average Bonchev–Trinajstić information content (AvgIpc) is 2.99. The molecule has 0 fully saturated rings. The minimum atomic E-state index is -0.197. The third kappa shape index (κ3) is 6.05. The Morgan fingerprint density at radius 2 is 2.22 bits per heavy atom. The monoisotopic (exact) mass is 386 g/mol. The van der Waals surface area contributed by atoms with Gasteiger partial charge in [-0.05, 0) is 30.5 Å². The van der Waals surface area contributed by atoms with E-state index in [9.17, 15) is 4.79 Å². The van der Waals surface area contributed by atoms with Gasteiger partial charge in [0.25, 0.3) is 0 Å². The van der Waals surface area contributed by atoms with Gasteiger partial charge in [0.05, 0.1) is 35.5 Å². The molecule has 0 radical (unpaired) electrons. The highest BCUT2D eigenvalue weighted by molar-refractivity contribution is 7.16. The molecule has 0 spiro atoms. The van der Waals surface area contributed by atoms with E-state index in [1.54, 1.807) is 35.5 Å². The number of benzene rings is 1. The Labute approximate surface area is 164 Å². The van der Waals surface area contributed by atoms with Crippen molar-refractivity contribution in [2.75, 3.05) is 25.2 Å². The molecule has 2 amide bonds. The van der Waals surface area contributed by atoms with E-state index in [2.05, 4.69) is 30.2 Å². The number of rotatable bonds is 8. The van der Waals surface area contributed by atoms with Gasteiger partial charge in [0.1, 0.15) is 5.00 Å². The predicted molar refractivity (Wildman–Crippen MR) is 108 cm³/mol. The number of amides is 2. The number of urea groups is 1. The SMILES string of the molecule is COCCNC(=O)N(Cc1cccc(C#N)c1)c1sc(CC(C)C)nc1C. The van der Waals surface area contributed by atoms with Crippen molar-refractivity contribution in [3.8, 4) is 6.07 Å². The summed E-state index contributed by atoms with van der Waals surface area (Å²) in [5.74, 6) is 0.500. The number of hydrogen-bond acceptors (Lipinski definition) is 5. The molecule has 0 saturated carbocycles. The average molecular weight is 387 g/mol. The van der Waals surface area contributed by atoms with Gasteiger partial charge in [0.2, 0.25) is 0 Å². The molecule has 2 rings (SSSR count). The summed E-state index contributed by atoms with van der Waals surface area (Å²) in [6.07, 6.45) is 0.883. The number of nitrogens with zero attached hydrogens (tertiary/aromatic N) is 3. The number of carbonyl (C=O) groups is 1. The lowest BCUT2D eigenvalue weighted by Gasteiger charge is -2.22. The van der Waals surface area contributed by atoms with Crippen LogP contribution in [0.25, 0.3) is 0 Å². The fourth-order valence-corrected chi connectivity index (χ4v) is 3.92. The number of hydrogen-bond donors (Lipinski definition) is 1. The molecule has 0 aliphatic rings. The van der Waals surface area contributed by atoms with Gasteiger partial charge in [0, 0.05) is 20.1 Å². The molecule has 2 aromatic rings. The summed E-state index contributed by atoms with van der Waals surface area (Å²) in [7, 11) is 1.60. The Kier molecular flexibility index (Phi) is 7.77. The van der Waals surface area contributed by atoms with Crippen LogP contribution in [0.5, 0.6) is 0 Å². The molecular formula is C20H26N4O2S. The Morgan fingerprint density at radius 3 is 2.89 bits per heavy atom. The highest BCUT2D eigenvalue weighted by Crippen LogP contribution is 2.31. The lowest BCUT2D eigenvalue weighted by molar-refractivity contribution is 0.197. The molecule has 0 bridgehead atoms. The minimum Gasteiger partial charge on any atom is -0.383 e. The standard InChI is InChI=1S/C20H26N4O2S/c1-14(2)10-18-23-15(3)19(27-18)24(20(25)22-8-9-26-4)13-17-7-5-6-16(11-17)12-21/h5-7,11,14H,8-10,13H2,1-4H3,(H,22,25). The van der Waals surface area contributed by atoms with Crippen LogP contribution < -0.4 is 10.2 Å². The van der Waals surface area contributed by atoms with Crippen molar-refractivity contribution < 1.29 is 9.53 Å². The lowest BCUT2D eigenvalue weighted by Crippen LogP contribution is -2.41. The second-order valence-corrected chi connectivity index (χ2v) is 7.78. The molecule has 0 aliphatic heterocycles. The van der Waals surface area contributed by atoms with Gasteiger partial charge in [-0.25, -0.2) is 9.78 Å². The maximum atomic E-state index is 12.8. The molecule has 1 heterocycles. The normalized spacial score (nSPS) is 10.7. The van der Waals surface area contributed by atoms with Crippen LogP contribution in [0.2, 0.25) is 0 Å². The zero-order valence-electron chi connectivity index (χ0n) is 16.3. The van der Waals surface area contributed by atoms with Crippen LogP contribution in [-0.2, 0) is 17.7 Å². The summed E-state index contributed by atoms with van der Waals surface area (Å²) in [5, 5.41) is 13.9. The number of thiazole rings is 1. The number of carbonyl (C=O) groups excluding carboxylic acids is 1. The van der Waals surface area contributed by atoms with Crippen molar-refractivity contribution in [3.05, 3.63) is 46.1 Å². The molecule has 0 saturated heterocycles. The fourth-order valence-electron chi connectivity index (χ4n) is 2.64. The van der Waals surface area contributed by atoms with E-state index >= 15 is 0 Å². The van der Waals surface area contributed by atoms with Crippen LogP contribution in [-0.4, -0.2) is 31.3 Å². The number of aromatic nitrogens is 1. The highest BCUT2D eigenvalue weighted by Gasteiger charge is 2.22. The predicted octanol–water partition coefficient (Wildman–Crippen LogP) is 3.88. The maximum absolute atomic E-state index is 12.8. The number of nitrogens with one attached hydrogen (secondary N) is 1. The quantitative estimate of drug-likeness (QED) is 0.698. The molecule has 1 aromatic carbocycles. The van der Waals surface area contributed by atoms with Crippen LogP contribution in [0.1, 0.15) is 35.7 Å². The zero-order valence-corrected chi connectivity index (χ0v) is 17.1. The number of ether oxygens (including phenoxy) is 1. The third-order valence-electron chi connectivity index (χ3n) is 3.87. The van der Waals surface area contributed by atoms with Crippen molar-refractivity contribution in [2.45, 2.75) is 33.7 Å². The maximum Gasteiger partial charge on any atom is 0.322 e. The van der Waals surface area contributed by atoms with Gasteiger partial charge in [0.15, 0.2) is 0 Å². The molecule has 1 aromatic heterocycles. The summed E-state index contributed by atoms with van der Waals surface area (Å²) in [4.78, 5) is 19.2. The van der Waals surface area contributed by atoms with E-state index in [0.29, 0.717) is 31.2 Å². The number of anilines is 1. The van der Waals surface area contributed by atoms with Crippen LogP contribution in [0, 0.1) is 24.2 Å². The molecule has 6 nitrogen and oxygen atoms in total. The second-order valence-electron chi connectivity index (χ2n) is 6.72. The minimum absolute atomic E-state index is 0.197. The molecule has 1 N–H and O–H groups in total. The van der Waals surface area contributed by atoms with Gasteiger partial charge < -0.3 is 10.1 Å². The Hall–Kier alpha value is -2.43. The first kappa shape index (κ1) is 20.9. The van der Waals surface area contributed by atoms with Gasteiger partial charge in [-0.3, -0.25) is 4.90 Å². The summed E-state index contributed by atoms with van der Waals surface area (Å²) in [5.41, 5.74) is 2.32. The largest absolute Gasteiger partial charge is 0.383 e. The van der Waals surface area contributed by atoms with Crippen LogP contribution in [0.15, 0.2) is 24.3 Å². The molecule has 27 heavy (non-hydrogen) atoms. The fraction of sp³-hybridized carbons (Fsp3) is 0.450. The van der Waals surface area contributed by atoms with E-state index in [1.807, 2.05) is 19.1 Å². The molecule has 0 atom stereocenters. The molecular weight excluding hydrogens is 360 g/mol. The number of aryl methyl sites for hydroxylation is 1. The summed E-state index contributed by atoms with van der Waals surface area (Å²) in [6.45, 7) is 7.48. The second kappa shape index (κ2) is 10.0. The van der Waals surface area contributed by atoms with Gasteiger partial charge in [-0.2, -0.15) is 5.26 Å². The third-order valence-corrected chi connectivity index (χ3v) is 5.07. The number of nitriles is 1. The van der Waals surface area contributed by atoms with Crippen LogP contribution in [0.3, 0.4) is 0 Å². The van der Waals surface area contributed by atoms with Crippen molar-refractivity contribution in [2.24, 2.45) is 5.92 Å². The van der Waals surface area contributed by atoms with E-state index in [4.69, 9.17) is 10.00 Å². The van der Waals surface area contributed by atoms with Gasteiger partial charge in [-0.15, -0.1) is 11.3 Å². The van der Waals surface area contributed by atoms with Crippen LogP contribution in [0.4, 0.5) is 9.80 Å². The first-order valence-corrected chi connectivity index (χ1v) is 9.76. The van der Waals surface area contributed by atoms with Crippen molar-refractivity contribution in [3.63, 3.8) is 0 Å². The molecule has 144 valence electrons. The Morgan fingerprint density at radius 1 is 1.44 bits per heavy atom. The zero-order chi connectivity index (χ0) is 19.8. The highest BCUT2D eigenvalue weighted by atomic mass is 32.1. The van der Waals surface area contributed by atoms with Crippen molar-refractivity contribution >= 4 is 22.4 Å². The summed E-state index contributed by atoms with van der Waals surface area (Å²) >= 11 is 1.55. The van der Waals surface area contributed by atoms with E-state index in [1.165, 1.54) is 0 Å². The molecule has 7 heteroatoms.